The van der Waals surface area contributed by atoms with E-state index >= 15 is 0 Å². The largest absolute Gasteiger partial charge is 0.468 e. The summed E-state index contributed by atoms with van der Waals surface area (Å²) in [5, 5.41) is 4.18. The molecule has 0 bridgehead atoms. The van der Waals surface area contributed by atoms with Crippen LogP contribution in [0.15, 0.2) is 35.2 Å². The van der Waals surface area contributed by atoms with Crippen molar-refractivity contribution in [2.24, 2.45) is 12.8 Å². The van der Waals surface area contributed by atoms with Crippen LogP contribution in [0.3, 0.4) is 0 Å². The predicted octanol–water partition coefficient (Wildman–Crippen LogP) is 1.14. The number of likely N-dealkylation sites (N-methyl/N-ethyl adjacent to an activating group) is 1. The molecule has 0 aliphatic carbocycles. The maximum absolute atomic E-state index is 5.83. The minimum Gasteiger partial charge on any atom is -0.468 e. The lowest BCUT2D eigenvalue weighted by Gasteiger charge is -2.25. The highest BCUT2D eigenvalue weighted by Gasteiger charge is 2.17. The van der Waals surface area contributed by atoms with E-state index in [2.05, 4.69) is 10.00 Å². The fraction of sp³-hybridized carbons (Fsp3) is 0.417. The maximum atomic E-state index is 5.83. The van der Waals surface area contributed by atoms with Gasteiger partial charge in [-0.3, -0.25) is 9.58 Å². The van der Waals surface area contributed by atoms with Gasteiger partial charge in [-0.25, -0.2) is 0 Å². The number of nitrogens with zero attached hydrogens (tertiary/aromatic N) is 3. The van der Waals surface area contributed by atoms with Crippen molar-refractivity contribution in [1.29, 1.82) is 0 Å². The summed E-state index contributed by atoms with van der Waals surface area (Å²) >= 11 is 0. The van der Waals surface area contributed by atoms with Crippen LogP contribution in [0.2, 0.25) is 0 Å². The van der Waals surface area contributed by atoms with Gasteiger partial charge in [-0.2, -0.15) is 5.10 Å². The van der Waals surface area contributed by atoms with Crippen LogP contribution in [0.4, 0.5) is 0 Å². The standard InChI is InChI=1S/C12H18N4O/c1-15(9-11-4-3-5-17-11)12(6-13)10-7-14-16(2)8-10/h3-5,7-8,12H,6,9,13H2,1-2H3. The van der Waals surface area contributed by atoms with E-state index in [4.69, 9.17) is 10.2 Å². The molecule has 0 saturated carbocycles. The Balaban J connectivity index is 2.07. The predicted molar refractivity (Wildman–Crippen MR) is 65.2 cm³/mol. The molecule has 0 spiro atoms. The number of aromatic nitrogens is 2. The van der Waals surface area contributed by atoms with E-state index in [-0.39, 0.29) is 6.04 Å². The van der Waals surface area contributed by atoms with Gasteiger partial charge in [0.05, 0.1) is 25.0 Å². The van der Waals surface area contributed by atoms with Crippen LogP contribution in [-0.4, -0.2) is 28.3 Å². The molecule has 2 heterocycles. The van der Waals surface area contributed by atoms with Crippen molar-refractivity contribution in [2.45, 2.75) is 12.6 Å². The molecule has 0 radical (unpaired) electrons. The Labute approximate surface area is 101 Å². The molecular weight excluding hydrogens is 216 g/mol. The Kier molecular flexibility index (Phi) is 3.61. The summed E-state index contributed by atoms with van der Waals surface area (Å²) < 4.78 is 7.13. The Morgan fingerprint density at radius 1 is 1.59 bits per heavy atom. The van der Waals surface area contributed by atoms with Crippen molar-refractivity contribution in [3.05, 3.63) is 42.1 Å². The second-order valence-corrected chi connectivity index (χ2v) is 4.19. The highest BCUT2D eigenvalue weighted by Crippen LogP contribution is 2.19. The van der Waals surface area contributed by atoms with Crippen LogP contribution in [-0.2, 0) is 13.6 Å². The van der Waals surface area contributed by atoms with Gasteiger partial charge in [0.15, 0.2) is 0 Å². The molecule has 0 amide bonds. The summed E-state index contributed by atoms with van der Waals surface area (Å²) in [6.45, 7) is 1.30. The number of hydrogen-bond donors (Lipinski definition) is 1. The molecule has 1 atom stereocenters. The number of aryl methyl sites for hydroxylation is 1. The normalized spacial score (nSPS) is 13.2. The Morgan fingerprint density at radius 3 is 2.94 bits per heavy atom. The first kappa shape index (κ1) is 11.9. The van der Waals surface area contributed by atoms with Crippen LogP contribution < -0.4 is 5.73 Å². The van der Waals surface area contributed by atoms with Gasteiger partial charge < -0.3 is 10.2 Å². The summed E-state index contributed by atoms with van der Waals surface area (Å²) in [7, 11) is 3.94. The van der Waals surface area contributed by atoms with E-state index in [0.29, 0.717) is 6.54 Å². The summed E-state index contributed by atoms with van der Waals surface area (Å²) in [5.41, 5.74) is 6.96. The average molecular weight is 234 g/mol. The highest BCUT2D eigenvalue weighted by atomic mass is 16.3. The topological polar surface area (TPSA) is 60.2 Å². The summed E-state index contributed by atoms with van der Waals surface area (Å²) in [5.74, 6) is 0.940. The molecule has 0 aliphatic heterocycles. The summed E-state index contributed by atoms with van der Waals surface area (Å²) in [6.07, 6.45) is 5.54. The van der Waals surface area contributed by atoms with Gasteiger partial charge in [0.2, 0.25) is 0 Å². The highest BCUT2D eigenvalue weighted by molar-refractivity contribution is 5.11. The summed E-state index contributed by atoms with van der Waals surface area (Å²) in [4.78, 5) is 2.16. The molecule has 17 heavy (non-hydrogen) atoms. The van der Waals surface area contributed by atoms with Crippen LogP contribution in [0.5, 0.6) is 0 Å². The van der Waals surface area contributed by atoms with Crippen molar-refractivity contribution in [3.63, 3.8) is 0 Å². The smallest absolute Gasteiger partial charge is 0.117 e. The fourth-order valence-corrected chi connectivity index (χ4v) is 1.94. The van der Waals surface area contributed by atoms with Crippen LogP contribution in [0.25, 0.3) is 0 Å². The van der Waals surface area contributed by atoms with Gasteiger partial charge in [0.25, 0.3) is 0 Å². The molecule has 0 saturated heterocycles. The molecule has 92 valence electrons. The Bertz CT molecular complexity index is 449. The third-order valence-corrected chi connectivity index (χ3v) is 2.85. The average Bonchev–Trinajstić information content (AvgIpc) is 2.91. The SMILES string of the molecule is CN(Cc1ccco1)C(CN)c1cnn(C)c1. The van der Waals surface area contributed by atoms with Gasteiger partial charge >= 0.3 is 0 Å². The van der Waals surface area contributed by atoms with Crippen molar-refractivity contribution in [2.75, 3.05) is 13.6 Å². The minimum absolute atomic E-state index is 0.161. The number of hydrogen-bond acceptors (Lipinski definition) is 4. The van der Waals surface area contributed by atoms with Crippen LogP contribution in [0, 0.1) is 0 Å². The quantitative estimate of drug-likeness (QED) is 0.843. The van der Waals surface area contributed by atoms with E-state index in [1.165, 1.54) is 0 Å². The van der Waals surface area contributed by atoms with E-state index < -0.39 is 0 Å². The molecule has 2 aromatic heterocycles. The molecule has 2 N–H and O–H groups in total. The van der Waals surface area contributed by atoms with E-state index in [1.54, 1.807) is 10.9 Å². The molecule has 2 rings (SSSR count). The number of nitrogens with two attached hydrogens (primary N) is 1. The van der Waals surface area contributed by atoms with Crippen molar-refractivity contribution in [3.8, 4) is 0 Å². The fourth-order valence-electron chi connectivity index (χ4n) is 1.94. The van der Waals surface area contributed by atoms with Gasteiger partial charge in [0, 0.05) is 25.4 Å². The summed E-state index contributed by atoms with van der Waals surface area (Å²) in [6, 6.07) is 4.02. The van der Waals surface area contributed by atoms with Crippen LogP contribution in [0.1, 0.15) is 17.4 Å². The lowest BCUT2D eigenvalue weighted by molar-refractivity contribution is 0.223. The molecule has 0 aromatic carbocycles. The molecule has 5 heteroatoms. The lowest BCUT2D eigenvalue weighted by Crippen LogP contribution is -2.29. The first-order valence-corrected chi connectivity index (χ1v) is 5.62. The van der Waals surface area contributed by atoms with Gasteiger partial charge in [0.1, 0.15) is 5.76 Å². The Morgan fingerprint density at radius 2 is 2.41 bits per heavy atom. The number of furan rings is 1. The zero-order valence-electron chi connectivity index (χ0n) is 10.2. The second kappa shape index (κ2) is 5.16. The van der Waals surface area contributed by atoms with E-state index in [0.717, 1.165) is 17.9 Å². The second-order valence-electron chi connectivity index (χ2n) is 4.19. The minimum atomic E-state index is 0.161. The van der Waals surface area contributed by atoms with E-state index in [9.17, 15) is 0 Å². The zero-order chi connectivity index (χ0) is 12.3. The van der Waals surface area contributed by atoms with Crippen molar-refractivity contribution >= 4 is 0 Å². The van der Waals surface area contributed by atoms with Crippen molar-refractivity contribution in [1.82, 2.24) is 14.7 Å². The van der Waals surface area contributed by atoms with Gasteiger partial charge in [-0.05, 0) is 19.2 Å². The third-order valence-electron chi connectivity index (χ3n) is 2.85. The monoisotopic (exact) mass is 234 g/mol. The number of rotatable bonds is 5. The first-order valence-electron chi connectivity index (χ1n) is 5.62. The van der Waals surface area contributed by atoms with Crippen molar-refractivity contribution < 1.29 is 4.42 Å². The van der Waals surface area contributed by atoms with E-state index in [1.807, 2.05) is 38.6 Å². The van der Waals surface area contributed by atoms with Gasteiger partial charge in [-0.1, -0.05) is 0 Å². The Hall–Kier alpha value is -1.59. The molecule has 0 fully saturated rings. The molecule has 2 aromatic rings. The molecule has 1 unspecified atom stereocenters. The first-order chi connectivity index (χ1) is 8.20. The lowest BCUT2D eigenvalue weighted by atomic mass is 10.1. The molecule has 5 nitrogen and oxygen atoms in total. The molecular formula is C12H18N4O. The zero-order valence-corrected chi connectivity index (χ0v) is 10.2. The maximum Gasteiger partial charge on any atom is 0.117 e. The third kappa shape index (κ3) is 2.75. The van der Waals surface area contributed by atoms with Crippen LogP contribution >= 0.6 is 0 Å². The molecule has 0 aliphatic rings. The van der Waals surface area contributed by atoms with Gasteiger partial charge in [-0.15, -0.1) is 0 Å².